The first kappa shape index (κ1) is 12.7. The Kier molecular flexibility index (Phi) is 3.21. The third-order valence-corrected chi connectivity index (χ3v) is 5.92. The fourth-order valence-corrected chi connectivity index (χ4v) is 4.57. The van der Waals surface area contributed by atoms with Crippen LogP contribution < -0.4 is 0 Å². The van der Waals surface area contributed by atoms with E-state index in [1.165, 1.54) is 64.2 Å². The lowest BCUT2D eigenvalue weighted by molar-refractivity contribution is 0.665. The van der Waals surface area contributed by atoms with Gasteiger partial charge in [0.05, 0.1) is 0 Å². The first-order valence-corrected chi connectivity index (χ1v) is 8.64. The van der Waals surface area contributed by atoms with Crippen molar-refractivity contribution < 1.29 is 0 Å². The van der Waals surface area contributed by atoms with Crippen molar-refractivity contribution in [3.05, 3.63) is 45.6 Å². The quantitative estimate of drug-likeness (QED) is 0.573. The summed E-state index contributed by atoms with van der Waals surface area (Å²) in [6.07, 6.45) is 18.8. The van der Waals surface area contributed by atoms with Gasteiger partial charge in [-0.25, -0.2) is 0 Å². The molecule has 0 aliphatic heterocycles. The fraction of sp³-hybridized carbons (Fsp3) is 0.600. The lowest BCUT2D eigenvalue weighted by atomic mass is 9.88. The average molecular weight is 266 g/mol. The minimum Gasteiger partial charge on any atom is -0.0629 e. The van der Waals surface area contributed by atoms with Gasteiger partial charge in [-0.05, 0) is 81.3 Å². The molecule has 106 valence electrons. The van der Waals surface area contributed by atoms with Gasteiger partial charge < -0.3 is 0 Å². The van der Waals surface area contributed by atoms with Crippen molar-refractivity contribution in [2.45, 2.75) is 71.1 Å². The summed E-state index contributed by atoms with van der Waals surface area (Å²) in [5.41, 5.74) is 10.4. The van der Waals surface area contributed by atoms with Crippen molar-refractivity contribution in [2.75, 3.05) is 0 Å². The molecule has 0 nitrogen and oxygen atoms in total. The summed E-state index contributed by atoms with van der Waals surface area (Å²) in [5.74, 6) is 0.686. The van der Waals surface area contributed by atoms with E-state index in [-0.39, 0.29) is 0 Å². The molecule has 0 heteroatoms. The predicted octanol–water partition coefficient (Wildman–Crippen LogP) is 6.02. The van der Waals surface area contributed by atoms with Crippen LogP contribution >= 0.6 is 0 Å². The second-order valence-corrected chi connectivity index (χ2v) is 7.19. The Hall–Kier alpha value is -1.04. The van der Waals surface area contributed by atoms with E-state index in [0.717, 1.165) is 0 Å². The van der Waals surface area contributed by atoms with Crippen LogP contribution in [0, 0.1) is 5.92 Å². The van der Waals surface area contributed by atoms with E-state index in [2.05, 4.69) is 19.1 Å². The van der Waals surface area contributed by atoms with Crippen molar-refractivity contribution in [2.24, 2.45) is 5.92 Å². The third-order valence-electron chi connectivity index (χ3n) is 5.92. The summed E-state index contributed by atoms with van der Waals surface area (Å²) >= 11 is 0. The third kappa shape index (κ3) is 2.14. The minimum atomic E-state index is 0.686. The van der Waals surface area contributed by atoms with Crippen LogP contribution in [0.5, 0.6) is 0 Å². The predicted molar refractivity (Wildman–Crippen MR) is 85.6 cm³/mol. The highest BCUT2D eigenvalue weighted by atomic mass is 14.3. The maximum atomic E-state index is 2.57. The van der Waals surface area contributed by atoms with Gasteiger partial charge in [0, 0.05) is 0 Å². The Bertz CT molecular complexity index is 501. The highest BCUT2D eigenvalue weighted by molar-refractivity contribution is 5.47. The molecule has 0 saturated heterocycles. The Morgan fingerprint density at radius 1 is 0.700 bits per heavy atom. The molecule has 0 atom stereocenters. The molecule has 0 amide bonds. The van der Waals surface area contributed by atoms with Gasteiger partial charge >= 0.3 is 0 Å². The van der Waals surface area contributed by atoms with Gasteiger partial charge in [-0.3, -0.25) is 0 Å². The largest absolute Gasteiger partial charge is 0.0629 e. The lowest BCUT2D eigenvalue weighted by Gasteiger charge is -2.17. The van der Waals surface area contributed by atoms with Gasteiger partial charge in [0.2, 0.25) is 0 Å². The standard InChI is InChI=1S/C20H26/c1-14(19-10-15-6-2-3-7-16(15)11-19)20-12-17-8-4-5-9-18(17)13-20/h10,12,14H,2-9,11,13H2,1H3. The van der Waals surface area contributed by atoms with Crippen LogP contribution in [0.25, 0.3) is 0 Å². The van der Waals surface area contributed by atoms with Crippen molar-refractivity contribution >= 4 is 0 Å². The Morgan fingerprint density at radius 2 is 1.15 bits per heavy atom. The second kappa shape index (κ2) is 5.06. The number of allylic oxidation sites excluding steroid dienone is 8. The zero-order valence-electron chi connectivity index (χ0n) is 12.8. The van der Waals surface area contributed by atoms with Crippen LogP contribution in [0.3, 0.4) is 0 Å². The van der Waals surface area contributed by atoms with Crippen LogP contribution in [0.4, 0.5) is 0 Å². The van der Waals surface area contributed by atoms with Crippen LogP contribution in [0.2, 0.25) is 0 Å². The molecule has 0 aromatic heterocycles. The molecule has 4 rings (SSSR count). The molecular formula is C20H26. The van der Waals surface area contributed by atoms with Crippen LogP contribution in [0.1, 0.15) is 71.1 Å². The van der Waals surface area contributed by atoms with Crippen LogP contribution in [0.15, 0.2) is 45.6 Å². The van der Waals surface area contributed by atoms with E-state index >= 15 is 0 Å². The van der Waals surface area contributed by atoms with Crippen molar-refractivity contribution in [3.63, 3.8) is 0 Å². The number of hydrogen-bond acceptors (Lipinski definition) is 0. The smallest absolute Gasteiger partial charge is 0.000857 e. The molecule has 0 aromatic carbocycles. The zero-order valence-corrected chi connectivity index (χ0v) is 12.8. The molecule has 0 aromatic rings. The molecule has 0 unspecified atom stereocenters. The molecule has 0 heterocycles. The van der Waals surface area contributed by atoms with Gasteiger partial charge in [-0.15, -0.1) is 0 Å². The summed E-state index contributed by atoms with van der Waals surface area (Å²) in [7, 11) is 0. The molecule has 0 bridgehead atoms. The van der Waals surface area contributed by atoms with Crippen LogP contribution in [-0.4, -0.2) is 0 Å². The van der Waals surface area contributed by atoms with E-state index < -0.39 is 0 Å². The Labute approximate surface area is 123 Å². The van der Waals surface area contributed by atoms with Crippen molar-refractivity contribution in [1.82, 2.24) is 0 Å². The van der Waals surface area contributed by atoms with E-state index in [0.29, 0.717) is 5.92 Å². The van der Waals surface area contributed by atoms with E-state index in [1.807, 2.05) is 0 Å². The summed E-state index contributed by atoms with van der Waals surface area (Å²) < 4.78 is 0. The first-order valence-electron chi connectivity index (χ1n) is 8.64. The normalized spacial score (nSPS) is 25.9. The van der Waals surface area contributed by atoms with Gasteiger partial charge in [-0.2, -0.15) is 0 Å². The van der Waals surface area contributed by atoms with Crippen LogP contribution in [-0.2, 0) is 0 Å². The molecule has 20 heavy (non-hydrogen) atoms. The second-order valence-electron chi connectivity index (χ2n) is 7.19. The molecule has 0 radical (unpaired) electrons. The summed E-state index contributed by atoms with van der Waals surface area (Å²) in [4.78, 5) is 0. The lowest BCUT2D eigenvalue weighted by Crippen LogP contribution is -2.02. The Balaban J connectivity index is 1.49. The highest BCUT2D eigenvalue weighted by Crippen LogP contribution is 2.44. The molecule has 4 aliphatic carbocycles. The Morgan fingerprint density at radius 3 is 1.60 bits per heavy atom. The molecule has 4 aliphatic rings. The minimum absolute atomic E-state index is 0.686. The monoisotopic (exact) mass is 266 g/mol. The summed E-state index contributed by atoms with van der Waals surface area (Å²) in [6, 6.07) is 0. The molecule has 0 saturated carbocycles. The van der Waals surface area contributed by atoms with Gasteiger partial charge in [0.1, 0.15) is 0 Å². The number of rotatable bonds is 2. The molecular weight excluding hydrogens is 240 g/mol. The highest BCUT2D eigenvalue weighted by Gasteiger charge is 2.27. The summed E-state index contributed by atoms with van der Waals surface area (Å²) in [6.45, 7) is 2.45. The van der Waals surface area contributed by atoms with Crippen molar-refractivity contribution in [1.29, 1.82) is 0 Å². The molecule has 0 N–H and O–H groups in total. The van der Waals surface area contributed by atoms with Gasteiger partial charge in [0.15, 0.2) is 0 Å². The van der Waals surface area contributed by atoms with E-state index in [9.17, 15) is 0 Å². The maximum absolute atomic E-state index is 2.57. The molecule has 0 fully saturated rings. The molecule has 0 spiro atoms. The fourth-order valence-electron chi connectivity index (χ4n) is 4.57. The average Bonchev–Trinajstić information content (AvgIpc) is 3.10. The van der Waals surface area contributed by atoms with Gasteiger partial charge in [0.25, 0.3) is 0 Å². The zero-order chi connectivity index (χ0) is 13.5. The maximum Gasteiger partial charge on any atom is -0.000857 e. The van der Waals surface area contributed by atoms with Gasteiger partial charge in [-0.1, -0.05) is 41.4 Å². The topological polar surface area (TPSA) is 0 Å². The first-order chi connectivity index (χ1) is 9.81. The van der Waals surface area contributed by atoms with E-state index in [1.54, 1.807) is 33.4 Å². The SMILES string of the molecule is CC(C1=CC2=C(CCCC2)C1)C1=CC2=C(CCCC2)C1. The summed E-state index contributed by atoms with van der Waals surface area (Å²) in [5, 5.41) is 0. The van der Waals surface area contributed by atoms with Crippen molar-refractivity contribution in [3.8, 4) is 0 Å². The number of hydrogen-bond donors (Lipinski definition) is 0. The van der Waals surface area contributed by atoms with E-state index in [4.69, 9.17) is 0 Å².